The molecule has 0 bridgehead atoms. The first-order valence-corrected chi connectivity index (χ1v) is 4.63. The summed E-state index contributed by atoms with van der Waals surface area (Å²) in [5.74, 6) is 0. The van der Waals surface area contributed by atoms with E-state index in [1.807, 2.05) is 0 Å². The van der Waals surface area contributed by atoms with Crippen molar-refractivity contribution in [3.8, 4) is 0 Å². The first kappa shape index (κ1) is 30.5. The first-order chi connectivity index (χ1) is 5.00. The Morgan fingerprint density at radius 3 is 0.800 bits per heavy atom. The molecule has 0 aromatic heterocycles. The maximum absolute atomic E-state index is 2.36. The van der Waals surface area contributed by atoms with Crippen molar-refractivity contribution in [1.29, 1.82) is 0 Å². The molecule has 5 heteroatoms. The summed E-state index contributed by atoms with van der Waals surface area (Å²) >= 11 is 0. The Kier molecular flexibility index (Phi) is 51.5. The van der Waals surface area contributed by atoms with Gasteiger partial charge in [-0.25, -0.2) is 0 Å². The van der Waals surface area contributed by atoms with Gasteiger partial charge in [-0.3, -0.25) is 0 Å². The van der Waals surface area contributed by atoms with Crippen LogP contribution in [0.1, 0.15) is 51.4 Å². The predicted octanol–water partition coefficient (Wildman–Crippen LogP) is -4.05. The van der Waals surface area contributed by atoms with Gasteiger partial charge in [-0.1, -0.05) is 25.7 Å². The van der Waals surface area contributed by atoms with Crippen LogP contribution in [0.4, 0.5) is 0 Å². The van der Waals surface area contributed by atoms with Crippen LogP contribution in [0.2, 0.25) is 0 Å². The molecule has 2 rings (SSSR count). The Morgan fingerprint density at radius 1 is 0.533 bits per heavy atom. The second-order valence-corrected chi connectivity index (χ2v) is 3.15. The molecule has 0 aromatic carbocycles. The van der Waals surface area contributed by atoms with Crippen LogP contribution >= 0.6 is 0 Å². The zero-order chi connectivity index (χ0) is 7.07. The summed E-state index contributed by atoms with van der Waals surface area (Å²) in [6, 6.07) is 0. The summed E-state index contributed by atoms with van der Waals surface area (Å²) in [6.07, 6.45) is 16.0. The van der Waals surface area contributed by atoms with E-state index < -0.39 is 0 Å². The van der Waals surface area contributed by atoms with Gasteiger partial charge >= 0.3 is 46.1 Å². The van der Waals surface area contributed by atoms with E-state index in [2.05, 4.69) is 12.8 Å². The Hall–Kier alpha value is 2.45. The molecule has 2 saturated carbocycles. The second kappa shape index (κ2) is 25.3. The van der Waals surface area contributed by atoms with Gasteiger partial charge < -0.3 is 52.3 Å². The molecule has 0 amide bonds. The van der Waals surface area contributed by atoms with Gasteiger partial charge in [0.2, 0.25) is 0 Å². The Morgan fingerprint density at radius 2 is 0.733 bits per heavy atom. The molecule has 2 N–H and O–H groups in total. The van der Waals surface area contributed by atoms with Gasteiger partial charge in [0.05, 0.1) is 0 Å². The molecule has 2 aliphatic carbocycles. The Balaban J connectivity index is -0.0000000333. The predicted molar refractivity (Wildman–Crippen MR) is 60.7 cm³/mol. The summed E-state index contributed by atoms with van der Waals surface area (Å²) < 4.78 is 0. The summed E-state index contributed by atoms with van der Waals surface area (Å²) in [5.41, 5.74) is 0. The average molecular weight is 365 g/mol. The monoisotopic (exact) mass is 362 g/mol. The standard InChI is InChI=1S/2C5H9.2BrH.2Mg.H2O/c2*1-2-4-5-3-1;;;;;/h2*1H,2-5H2;2*1H;;;1H2/q2*-1;;;2*+2;/p-2. The van der Waals surface area contributed by atoms with Crippen LogP contribution in [0.5, 0.6) is 0 Å². The van der Waals surface area contributed by atoms with Crippen molar-refractivity contribution in [2.75, 3.05) is 0 Å². The molecule has 0 aromatic rings. The maximum Gasteiger partial charge on any atom is 2.00 e. The molecule has 0 spiro atoms. The molecule has 0 saturated heterocycles. The summed E-state index contributed by atoms with van der Waals surface area (Å²) in [5, 5.41) is 0. The molecule has 2 fully saturated rings. The molecule has 0 unspecified atom stereocenters. The normalized spacial score (nSPS) is 16.0. The Labute approximate surface area is 148 Å². The number of hydrogen-bond donors (Lipinski definition) is 0. The second-order valence-electron chi connectivity index (χ2n) is 3.15. The van der Waals surface area contributed by atoms with Gasteiger partial charge in [0.1, 0.15) is 0 Å². The topological polar surface area (TPSA) is 31.5 Å². The molecule has 15 heavy (non-hydrogen) atoms. The van der Waals surface area contributed by atoms with Gasteiger partial charge in [-0.15, -0.1) is 0 Å². The van der Waals surface area contributed by atoms with Crippen LogP contribution < -0.4 is 34.0 Å². The molecule has 0 aliphatic heterocycles. The van der Waals surface area contributed by atoms with E-state index in [1.54, 1.807) is 0 Å². The van der Waals surface area contributed by atoms with Crippen LogP contribution in [0, 0.1) is 12.8 Å². The van der Waals surface area contributed by atoms with Crippen LogP contribution in [-0.2, 0) is 0 Å². The minimum atomic E-state index is 0. The fourth-order valence-corrected chi connectivity index (χ4v) is 1.44. The Bertz CT molecular complexity index is 54.6. The van der Waals surface area contributed by atoms with E-state index in [0.29, 0.717) is 0 Å². The van der Waals surface area contributed by atoms with Gasteiger partial charge in [-0.2, -0.15) is 25.7 Å². The van der Waals surface area contributed by atoms with E-state index >= 15 is 0 Å². The van der Waals surface area contributed by atoms with Crippen molar-refractivity contribution < 1.29 is 39.4 Å². The molecule has 2 aliphatic rings. The number of hydrogen-bond acceptors (Lipinski definition) is 0. The van der Waals surface area contributed by atoms with Gasteiger partial charge in [0.25, 0.3) is 0 Å². The van der Waals surface area contributed by atoms with Gasteiger partial charge in [0.15, 0.2) is 0 Å². The SMILES string of the molecule is O.[Br-].[Br-].[CH-]1CCCC1.[CH-]1CCCC1.[Mg+2].[Mg+2]. The van der Waals surface area contributed by atoms with Crippen LogP contribution in [-0.4, -0.2) is 51.6 Å². The smallest absolute Gasteiger partial charge is 1.00 e. The fraction of sp³-hybridized carbons (Fsp3) is 0.800. The number of halogens is 2. The van der Waals surface area contributed by atoms with Crippen molar-refractivity contribution in [1.82, 2.24) is 0 Å². The fourth-order valence-electron chi connectivity index (χ4n) is 1.44. The quantitative estimate of drug-likeness (QED) is 0.310. The third kappa shape index (κ3) is 22.2. The van der Waals surface area contributed by atoms with Crippen LogP contribution in [0.15, 0.2) is 0 Å². The molecular weight excluding hydrogens is 345 g/mol. The molecule has 0 radical (unpaired) electrons. The average Bonchev–Trinajstić information content (AvgIpc) is 2.67. The van der Waals surface area contributed by atoms with Crippen molar-refractivity contribution >= 4 is 46.1 Å². The molecule has 1 nitrogen and oxygen atoms in total. The summed E-state index contributed by atoms with van der Waals surface area (Å²) in [7, 11) is 0. The van der Waals surface area contributed by atoms with Gasteiger partial charge in [-0.05, 0) is 0 Å². The molecular formula is C10H20Br2Mg2O. The van der Waals surface area contributed by atoms with Crippen LogP contribution in [0.25, 0.3) is 0 Å². The molecule has 0 atom stereocenters. The maximum atomic E-state index is 2.36. The van der Waals surface area contributed by atoms with Crippen molar-refractivity contribution in [3.63, 3.8) is 0 Å². The van der Waals surface area contributed by atoms with E-state index in [9.17, 15) is 0 Å². The minimum absolute atomic E-state index is 0. The first-order valence-electron chi connectivity index (χ1n) is 4.63. The zero-order valence-corrected chi connectivity index (χ0v) is 15.5. The third-order valence-corrected chi connectivity index (χ3v) is 2.13. The van der Waals surface area contributed by atoms with Crippen molar-refractivity contribution in [2.24, 2.45) is 0 Å². The van der Waals surface area contributed by atoms with E-state index in [1.165, 1.54) is 51.4 Å². The summed E-state index contributed by atoms with van der Waals surface area (Å²) in [4.78, 5) is 0. The van der Waals surface area contributed by atoms with E-state index in [-0.39, 0.29) is 85.5 Å². The van der Waals surface area contributed by atoms with Gasteiger partial charge in [0, 0.05) is 0 Å². The van der Waals surface area contributed by atoms with Crippen LogP contribution in [0.3, 0.4) is 0 Å². The largest absolute Gasteiger partial charge is 2.00 e. The molecule has 84 valence electrons. The van der Waals surface area contributed by atoms with E-state index in [0.717, 1.165) is 0 Å². The molecule has 0 heterocycles. The minimum Gasteiger partial charge on any atom is -1.00 e. The third-order valence-electron chi connectivity index (χ3n) is 2.13. The number of rotatable bonds is 0. The van der Waals surface area contributed by atoms with Crippen molar-refractivity contribution in [3.05, 3.63) is 12.8 Å². The zero-order valence-electron chi connectivity index (χ0n) is 9.48. The van der Waals surface area contributed by atoms with Crippen molar-refractivity contribution in [2.45, 2.75) is 51.4 Å². The van der Waals surface area contributed by atoms with E-state index in [4.69, 9.17) is 0 Å². The summed E-state index contributed by atoms with van der Waals surface area (Å²) in [6.45, 7) is 0.